The van der Waals surface area contributed by atoms with Gasteiger partial charge in [0, 0.05) is 12.6 Å². The largest absolute Gasteiger partial charge is 0.313 e. The van der Waals surface area contributed by atoms with Crippen LogP contribution in [0.1, 0.15) is 32.3 Å². The van der Waals surface area contributed by atoms with Crippen LogP contribution < -0.4 is 5.32 Å². The molecule has 2 heteroatoms. The lowest BCUT2D eigenvalue weighted by Gasteiger charge is -2.20. The molecule has 0 aromatic heterocycles. The Morgan fingerprint density at radius 1 is 1.16 bits per heavy atom. The van der Waals surface area contributed by atoms with Gasteiger partial charge in [-0.05, 0) is 52.4 Å². The van der Waals surface area contributed by atoms with E-state index in [0.29, 0.717) is 6.04 Å². The number of rotatable bonds is 9. The van der Waals surface area contributed by atoms with E-state index in [-0.39, 0.29) is 0 Å². The van der Waals surface area contributed by atoms with Crippen LogP contribution in [0.25, 0.3) is 6.08 Å². The molecule has 0 saturated heterocycles. The summed E-state index contributed by atoms with van der Waals surface area (Å²) in [4.78, 5) is 2.40. The quantitative estimate of drug-likeness (QED) is 0.685. The second-order valence-corrected chi connectivity index (χ2v) is 5.30. The van der Waals surface area contributed by atoms with Gasteiger partial charge in [-0.25, -0.2) is 0 Å². The van der Waals surface area contributed by atoms with Crippen molar-refractivity contribution < 1.29 is 0 Å². The van der Waals surface area contributed by atoms with Crippen LogP contribution >= 0.6 is 0 Å². The van der Waals surface area contributed by atoms with E-state index in [1.54, 1.807) is 0 Å². The summed E-state index contributed by atoms with van der Waals surface area (Å²) in [5, 5.41) is 3.45. The van der Waals surface area contributed by atoms with E-state index in [1.165, 1.54) is 24.9 Å². The second-order valence-electron chi connectivity index (χ2n) is 5.30. The first-order chi connectivity index (χ1) is 9.20. The average Bonchev–Trinajstić information content (AvgIpc) is 2.42. The van der Waals surface area contributed by atoms with Gasteiger partial charge in [0.05, 0.1) is 0 Å². The Morgan fingerprint density at radius 2 is 1.89 bits per heavy atom. The summed E-state index contributed by atoms with van der Waals surface area (Å²) < 4.78 is 0. The van der Waals surface area contributed by atoms with Crippen LogP contribution in [0.5, 0.6) is 0 Å². The topological polar surface area (TPSA) is 15.3 Å². The number of nitrogens with zero attached hydrogens (tertiary/aromatic N) is 1. The Bertz CT molecular complexity index is 344. The van der Waals surface area contributed by atoms with Gasteiger partial charge in [0.25, 0.3) is 0 Å². The molecule has 0 spiro atoms. The molecule has 0 heterocycles. The van der Waals surface area contributed by atoms with Crippen molar-refractivity contribution in [3.63, 3.8) is 0 Å². The zero-order chi connectivity index (χ0) is 13.9. The molecule has 2 nitrogen and oxygen atoms in total. The molecule has 1 aromatic rings. The first-order valence-electron chi connectivity index (χ1n) is 7.32. The fraction of sp³-hybridized carbons (Fsp3) is 0.529. The summed E-state index contributed by atoms with van der Waals surface area (Å²) >= 11 is 0. The van der Waals surface area contributed by atoms with Crippen molar-refractivity contribution in [1.82, 2.24) is 10.2 Å². The SMILES string of the molecule is CC(C)N(C)CCCCNC/C=C/c1ccccc1. The molecule has 1 rings (SSSR count). The number of hydrogen-bond donors (Lipinski definition) is 1. The highest BCUT2D eigenvalue weighted by molar-refractivity contribution is 5.48. The summed E-state index contributed by atoms with van der Waals surface area (Å²) in [6.07, 6.45) is 6.87. The van der Waals surface area contributed by atoms with Crippen molar-refractivity contribution in [1.29, 1.82) is 0 Å². The van der Waals surface area contributed by atoms with E-state index >= 15 is 0 Å². The first kappa shape index (κ1) is 15.9. The van der Waals surface area contributed by atoms with Gasteiger partial charge in [-0.1, -0.05) is 42.5 Å². The fourth-order valence-electron chi connectivity index (χ4n) is 1.81. The van der Waals surface area contributed by atoms with Gasteiger partial charge in [0.1, 0.15) is 0 Å². The maximum Gasteiger partial charge on any atom is 0.0138 e. The van der Waals surface area contributed by atoms with Gasteiger partial charge in [0.2, 0.25) is 0 Å². The minimum atomic E-state index is 0.654. The van der Waals surface area contributed by atoms with Crippen LogP contribution in [0, 0.1) is 0 Å². The smallest absolute Gasteiger partial charge is 0.0138 e. The molecule has 0 fully saturated rings. The Kier molecular flexibility index (Phi) is 8.19. The van der Waals surface area contributed by atoms with Crippen LogP contribution in [0.15, 0.2) is 36.4 Å². The van der Waals surface area contributed by atoms with E-state index in [0.717, 1.165) is 13.1 Å². The minimum absolute atomic E-state index is 0.654. The molecule has 0 unspecified atom stereocenters. The van der Waals surface area contributed by atoms with Crippen molar-refractivity contribution in [3.8, 4) is 0 Å². The monoisotopic (exact) mass is 260 g/mol. The predicted octanol–water partition coefficient (Wildman–Crippen LogP) is 3.41. The molecule has 106 valence electrons. The normalized spacial score (nSPS) is 11.8. The number of unbranched alkanes of at least 4 members (excludes halogenated alkanes) is 1. The molecule has 0 aliphatic heterocycles. The minimum Gasteiger partial charge on any atom is -0.313 e. The summed E-state index contributed by atoms with van der Waals surface area (Å²) in [5.41, 5.74) is 1.27. The van der Waals surface area contributed by atoms with Crippen LogP contribution in [0.4, 0.5) is 0 Å². The molecule has 0 aliphatic carbocycles. The molecule has 0 saturated carbocycles. The Labute approximate surface area is 118 Å². The van der Waals surface area contributed by atoms with Gasteiger partial charge >= 0.3 is 0 Å². The standard InChI is InChI=1S/C17H28N2/c1-16(2)19(3)15-8-7-13-18-14-9-12-17-10-5-4-6-11-17/h4-6,9-12,16,18H,7-8,13-15H2,1-3H3/b12-9+. The van der Waals surface area contributed by atoms with Gasteiger partial charge < -0.3 is 10.2 Å². The summed E-state index contributed by atoms with van der Waals surface area (Å²) in [6, 6.07) is 11.1. The van der Waals surface area contributed by atoms with Crippen LogP contribution in [0.2, 0.25) is 0 Å². The third-order valence-corrected chi connectivity index (χ3v) is 3.37. The van der Waals surface area contributed by atoms with Gasteiger partial charge in [-0.3, -0.25) is 0 Å². The zero-order valence-corrected chi connectivity index (χ0v) is 12.6. The second kappa shape index (κ2) is 9.76. The van der Waals surface area contributed by atoms with E-state index in [4.69, 9.17) is 0 Å². The third-order valence-electron chi connectivity index (χ3n) is 3.37. The van der Waals surface area contributed by atoms with Crippen molar-refractivity contribution in [2.24, 2.45) is 0 Å². The highest BCUT2D eigenvalue weighted by atomic mass is 15.1. The Hall–Kier alpha value is -1.12. The summed E-state index contributed by atoms with van der Waals surface area (Å²) in [6.45, 7) is 7.73. The number of hydrogen-bond acceptors (Lipinski definition) is 2. The lowest BCUT2D eigenvalue weighted by atomic mass is 10.2. The maximum absolute atomic E-state index is 3.45. The number of nitrogens with one attached hydrogen (secondary N) is 1. The molecule has 0 bridgehead atoms. The van der Waals surface area contributed by atoms with E-state index in [1.807, 2.05) is 6.07 Å². The van der Waals surface area contributed by atoms with Crippen LogP contribution in [-0.4, -0.2) is 37.6 Å². The van der Waals surface area contributed by atoms with E-state index < -0.39 is 0 Å². The van der Waals surface area contributed by atoms with Gasteiger partial charge in [-0.15, -0.1) is 0 Å². The summed E-state index contributed by atoms with van der Waals surface area (Å²) in [7, 11) is 2.20. The first-order valence-corrected chi connectivity index (χ1v) is 7.32. The van der Waals surface area contributed by atoms with Crippen molar-refractivity contribution in [3.05, 3.63) is 42.0 Å². The predicted molar refractivity (Wildman–Crippen MR) is 85.3 cm³/mol. The Balaban J connectivity index is 1.98. The summed E-state index contributed by atoms with van der Waals surface area (Å²) in [5.74, 6) is 0. The van der Waals surface area contributed by atoms with Gasteiger partial charge in [-0.2, -0.15) is 0 Å². The molecule has 19 heavy (non-hydrogen) atoms. The zero-order valence-electron chi connectivity index (χ0n) is 12.6. The number of benzene rings is 1. The van der Waals surface area contributed by atoms with Crippen LogP contribution in [-0.2, 0) is 0 Å². The molecular weight excluding hydrogens is 232 g/mol. The molecule has 0 amide bonds. The highest BCUT2D eigenvalue weighted by Gasteiger charge is 2.01. The van der Waals surface area contributed by atoms with Crippen molar-refractivity contribution in [2.75, 3.05) is 26.7 Å². The van der Waals surface area contributed by atoms with Gasteiger partial charge in [0.15, 0.2) is 0 Å². The van der Waals surface area contributed by atoms with Crippen molar-refractivity contribution in [2.45, 2.75) is 32.7 Å². The lowest BCUT2D eigenvalue weighted by molar-refractivity contribution is 0.268. The molecule has 1 N–H and O–H groups in total. The molecule has 1 aromatic carbocycles. The van der Waals surface area contributed by atoms with Crippen molar-refractivity contribution >= 4 is 6.08 Å². The van der Waals surface area contributed by atoms with E-state index in [9.17, 15) is 0 Å². The molecule has 0 radical (unpaired) electrons. The fourth-order valence-corrected chi connectivity index (χ4v) is 1.81. The average molecular weight is 260 g/mol. The van der Waals surface area contributed by atoms with E-state index in [2.05, 4.69) is 67.5 Å². The Morgan fingerprint density at radius 3 is 2.58 bits per heavy atom. The molecular formula is C17H28N2. The van der Waals surface area contributed by atoms with Crippen LogP contribution in [0.3, 0.4) is 0 Å². The maximum atomic E-state index is 3.45. The molecule has 0 aliphatic rings. The molecule has 0 atom stereocenters. The lowest BCUT2D eigenvalue weighted by Crippen LogP contribution is -2.27. The highest BCUT2D eigenvalue weighted by Crippen LogP contribution is 2.00. The third kappa shape index (κ3) is 7.81.